The monoisotopic (exact) mass is 247 g/mol. The molecule has 3 N–H and O–H groups in total. The second-order valence-corrected chi connectivity index (χ2v) is 5.15. The van der Waals surface area contributed by atoms with Gasteiger partial charge in [-0.25, -0.2) is 4.98 Å². The van der Waals surface area contributed by atoms with Crippen LogP contribution < -0.4 is 11.1 Å². The molecule has 2 aromatic rings. The van der Waals surface area contributed by atoms with Gasteiger partial charge < -0.3 is 11.1 Å². The summed E-state index contributed by atoms with van der Waals surface area (Å²) >= 11 is 1.70. The first-order valence-corrected chi connectivity index (χ1v) is 6.54. The summed E-state index contributed by atoms with van der Waals surface area (Å²) < 4.78 is 0. The minimum absolute atomic E-state index is 0.424. The van der Waals surface area contributed by atoms with E-state index >= 15 is 0 Å². The lowest BCUT2D eigenvalue weighted by Gasteiger charge is -2.12. The van der Waals surface area contributed by atoms with Crippen LogP contribution in [-0.2, 0) is 0 Å². The first-order chi connectivity index (χ1) is 8.16. The second-order valence-electron chi connectivity index (χ2n) is 4.22. The number of nitrogens with two attached hydrogens (primary N) is 1. The van der Waals surface area contributed by atoms with Crippen LogP contribution in [0.5, 0.6) is 0 Å². The highest BCUT2D eigenvalue weighted by atomic mass is 32.1. The van der Waals surface area contributed by atoms with Gasteiger partial charge in [-0.3, -0.25) is 0 Å². The van der Waals surface area contributed by atoms with E-state index in [4.69, 9.17) is 5.73 Å². The van der Waals surface area contributed by atoms with Crippen molar-refractivity contribution in [2.45, 2.75) is 19.8 Å². The molecule has 3 nitrogen and oxygen atoms in total. The number of rotatable bonds is 4. The number of nitrogens with one attached hydrogen (secondary N) is 1. The van der Waals surface area contributed by atoms with E-state index in [1.807, 2.05) is 30.6 Å². The van der Waals surface area contributed by atoms with Crippen molar-refractivity contribution in [1.82, 2.24) is 4.98 Å². The fraction of sp³-hybridized carbons (Fsp3) is 0.308. The fourth-order valence-corrected chi connectivity index (χ4v) is 2.32. The highest BCUT2D eigenvalue weighted by Crippen LogP contribution is 2.20. The number of hydrogen-bond donors (Lipinski definition) is 2. The number of nitrogen functional groups attached to an aromatic ring is 1. The number of aryl methyl sites for hydroxylation is 1. The Hall–Kier alpha value is -1.55. The Morgan fingerprint density at radius 3 is 2.94 bits per heavy atom. The molecule has 0 fully saturated rings. The van der Waals surface area contributed by atoms with Gasteiger partial charge in [0, 0.05) is 35.4 Å². The largest absolute Gasteiger partial charge is 0.399 e. The molecule has 0 spiro atoms. The van der Waals surface area contributed by atoms with Crippen LogP contribution in [-0.4, -0.2) is 11.5 Å². The van der Waals surface area contributed by atoms with E-state index in [1.165, 1.54) is 5.01 Å². The third kappa shape index (κ3) is 2.97. The zero-order valence-electron chi connectivity index (χ0n) is 10.1. The molecule has 0 aliphatic carbocycles. The fourth-order valence-electron chi connectivity index (χ4n) is 1.62. The van der Waals surface area contributed by atoms with Gasteiger partial charge in [0.2, 0.25) is 0 Å². The highest BCUT2D eigenvalue weighted by Gasteiger charge is 2.07. The summed E-state index contributed by atoms with van der Waals surface area (Å²) in [5.41, 5.74) is 8.84. The smallest absolute Gasteiger partial charge is 0.0970 e. The molecular weight excluding hydrogens is 230 g/mol. The average molecular weight is 247 g/mol. The van der Waals surface area contributed by atoms with Gasteiger partial charge in [-0.2, -0.15) is 0 Å². The van der Waals surface area contributed by atoms with Crippen molar-refractivity contribution in [3.05, 3.63) is 40.3 Å². The quantitative estimate of drug-likeness (QED) is 0.815. The summed E-state index contributed by atoms with van der Waals surface area (Å²) in [6.07, 6.45) is 1.85. The molecule has 0 radical (unpaired) electrons. The van der Waals surface area contributed by atoms with Crippen LogP contribution in [0, 0.1) is 6.92 Å². The predicted octanol–water partition coefficient (Wildman–Crippen LogP) is 3.25. The molecule has 2 rings (SSSR count). The van der Waals surface area contributed by atoms with Crippen LogP contribution in [0.3, 0.4) is 0 Å². The van der Waals surface area contributed by atoms with Gasteiger partial charge in [-0.1, -0.05) is 6.92 Å². The summed E-state index contributed by atoms with van der Waals surface area (Å²) in [7, 11) is 0. The van der Waals surface area contributed by atoms with Gasteiger partial charge in [0.1, 0.15) is 0 Å². The number of benzene rings is 1. The van der Waals surface area contributed by atoms with Crippen LogP contribution in [0.15, 0.2) is 29.8 Å². The predicted molar refractivity (Wildman–Crippen MR) is 74.6 cm³/mol. The summed E-state index contributed by atoms with van der Waals surface area (Å²) in [6, 6.07) is 6.02. The molecule has 1 unspecified atom stereocenters. The van der Waals surface area contributed by atoms with Gasteiger partial charge >= 0.3 is 0 Å². The third-order valence-electron chi connectivity index (χ3n) is 2.76. The van der Waals surface area contributed by atoms with Gasteiger partial charge in [0.25, 0.3) is 0 Å². The summed E-state index contributed by atoms with van der Waals surface area (Å²) in [5, 5.41) is 6.60. The topological polar surface area (TPSA) is 50.9 Å². The van der Waals surface area contributed by atoms with E-state index < -0.39 is 0 Å². The first-order valence-electron chi connectivity index (χ1n) is 5.66. The molecular formula is C13H17N3S. The lowest BCUT2D eigenvalue weighted by atomic mass is 10.1. The van der Waals surface area contributed by atoms with Crippen LogP contribution in [0.4, 0.5) is 11.4 Å². The van der Waals surface area contributed by atoms with Crippen molar-refractivity contribution in [3.63, 3.8) is 0 Å². The Bertz CT molecular complexity index is 479. The Morgan fingerprint density at radius 1 is 1.47 bits per heavy atom. The summed E-state index contributed by atoms with van der Waals surface area (Å²) in [6.45, 7) is 5.08. The zero-order valence-corrected chi connectivity index (χ0v) is 10.9. The van der Waals surface area contributed by atoms with Gasteiger partial charge in [-0.15, -0.1) is 11.3 Å². The number of aromatic nitrogens is 1. The molecule has 17 heavy (non-hydrogen) atoms. The molecule has 0 saturated heterocycles. The molecule has 0 bridgehead atoms. The molecule has 0 aliphatic rings. The van der Waals surface area contributed by atoms with Gasteiger partial charge in [0.05, 0.1) is 5.01 Å². The lowest BCUT2D eigenvalue weighted by molar-refractivity contribution is 0.795. The SMILES string of the molecule is Cc1cc(NCC(C)c2nccs2)ccc1N. The average Bonchev–Trinajstić information content (AvgIpc) is 2.84. The Labute approximate surface area is 106 Å². The number of hydrogen-bond acceptors (Lipinski definition) is 4. The van der Waals surface area contributed by atoms with Crippen LogP contribution >= 0.6 is 11.3 Å². The maximum Gasteiger partial charge on any atom is 0.0970 e. The van der Waals surface area contributed by atoms with E-state index in [2.05, 4.69) is 23.3 Å². The maximum absolute atomic E-state index is 5.79. The normalized spacial score (nSPS) is 12.4. The second kappa shape index (κ2) is 5.19. The van der Waals surface area contributed by atoms with Gasteiger partial charge in [-0.05, 0) is 30.7 Å². The number of anilines is 2. The first kappa shape index (κ1) is 11.9. The third-order valence-corrected chi connectivity index (χ3v) is 3.76. The summed E-state index contributed by atoms with van der Waals surface area (Å²) in [5.74, 6) is 0.424. The highest BCUT2D eigenvalue weighted by molar-refractivity contribution is 7.09. The molecule has 4 heteroatoms. The minimum Gasteiger partial charge on any atom is -0.399 e. The molecule has 1 aromatic carbocycles. The van der Waals surface area contributed by atoms with E-state index in [0.29, 0.717) is 5.92 Å². The lowest BCUT2D eigenvalue weighted by Crippen LogP contribution is -2.09. The van der Waals surface area contributed by atoms with Crippen molar-refractivity contribution in [2.24, 2.45) is 0 Å². The van der Waals surface area contributed by atoms with Crippen molar-refractivity contribution in [1.29, 1.82) is 0 Å². The standard InChI is InChI=1S/C13H17N3S/c1-9-7-11(3-4-12(9)14)16-8-10(2)13-15-5-6-17-13/h3-7,10,16H,8,14H2,1-2H3. The van der Waals surface area contributed by atoms with Crippen LogP contribution in [0.25, 0.3) is 0 Å². The minimum atomic E-state index is 0.424. The molecule has 1 aromatic heterocycles. The maximum atomic E-state index is 5.79. The van der Waals surface area contributed by atoms with Crippen LogP contribution in [0.2, 0.25) is 0 Å². The van der Waals surface area contributed by atoms with E-state index in [-0.39, 0.29) is 0 Å². The van der Waals surface area contributed by atoms with Crippen molar-refractivity contribution >= 4 is 22.7 Å². The number of nitrogens with zero attached hydrogens (tertiary/aromatic N) is 1. The Morgan fingerprint density at radius 2 is 2.29 bits per heavy atom. The Balaban J connectivity index is 1.96. The molecule has 0 amide bonds. The van der Waals surface area contributed by atoms with E-state index in [9.17, 15) is 0 Å². The molecule has 90 valence electrons. The molecule has 1 heterocycles. The summed E-state index contributed by atoms with van der Waals surface area (Å²) in [4.78, 5) is 4.32. The van der Waals surface area contributed by atoms with E-state index in [0.717, 1.165) is 23.5 Å². The zero-order chi connectivity index (χ0) is 12.3. The van der Waals surface area contributed by atoms with Crippen molar-refractivity contribution in [2.75, 3.05) is 17.6 Å². The Kier molecular flexibility index (Phi) is 3.64. The van der Waals surface area contributed by atoms with Crippen molar-refractivity contribution in [3.8, 4) is 0 Å². The molecule has 0 saturated carbocycles. The van der Waals surface area contributed by atoms with Gasteiger partial charge in [0.15, 0.2) is 0 Å². The van der Waals surface area contributed by atoms with E-state index in [1.54, 1.807) is 11.3 Å². The molecule has 1 atom stereocenters. The number of thiazole rings is 1. The van der Waals surface area contributed by atoms with Crippen LogP contribution in [0.1, 0.15) is 23.4 Å². The molecule has 0 aliphatic heterocycles. The van der Waals surface area contributed by atoms with Crippen molar-refractivity contribution < 1.29 is 0 Å².